The summed E-state index contributed by atoms with van der Waals surface area (Å²) in [7, 11) is 1.66. The molecule has 0 saturated heterocycles. The van der Waals surface area contributed by atoms with Crippen LogP contribution in [0.4, 0.5) is 0 Å². The van der Waals surface area contributed by atoms with Crippen LogP contribution >= 0.6 is 0 Å². The Bertz CT molecular complexity index is 681. The Morgan fingerprint density at radius 1 is 1.24 bits per heavy atom. The lowest BCUT2D eigenvalue weighted by atomic mass is 10.0. The van der Waals surface area contributed by atoms with Gasteiger partial charge in [0.05, 0.1) is 18.7 Å². The molecule has 4 heteroatoms. The van der Waals surface area contributed by atoms with Gasteiger partial charge in [0.1, 0.15) is 5.75 Å². The SMILES string of the molecule is COc1ccc2nc3c(cc2c1)CCC(=O)OC(C)CC3. The van der Waals surface area contributed by atoms with E-state index in [-0.39, 0.29) is 12.1 Å². The predicted octanol–water partition coefficient (Wildman–Crippen LogP) is 3.05. The minimum Gasteiger partial charge on any atom is -0.497 e. The first-order valence-corrected chi connectivity index (χ1v) is 7.32. The van der Waals surface area contributed by atoms with E-state index in [2.05, 4.69) is 6.07 Å². The summed E-state index contributed by atoms with van der Waals surface area (Å²) in [6.07, 6.45) is 2.70. The number of aromatic nitrogens is 1. The summed E-state index contributed by atoms with van der Waals surface area (Å²) in [5.74, 6) is 0.696. The number of benzene rings is 1. The van der Waals surface area contributed by atoms with E-state index in [4.69, 9.17) is 14.5 Å². The van der Waals surface area contributed by atoms with Crippen LogP contribution in [0.15, 0.2) is 24.3 Å². The van der Waals surface area contributed by atoms with Gasteiger partial charge in [0.25, 0.3) is 0 Å². The first kappa shape index (κ1) is 13.9. The molecule has 3 rings (SSSR count). The Labute approximate surface area is 124 Å². The molecule has 0 saturated carbocycles. The molecule has 0 radical (unpaired) electrons. The topological polar surface area (TPSA) is 48.4 Å². The van der Waals surface area contributed by atoms with Gasteiger partial charge < -0.3 is 9.47 Å². The van der Waals surface area contributed by atoms with E-state index in [1.165, 1.54) is 0 Å². The van der Waals surface area contributed by atoms with Crippen molar-refractivity contribution in [3.63, 3.8) is 0 Å². The molecule has 1 aromatic carbocycles. The lowest BCUT2D eigenvalue weighted by Gasteiger charge is -2.11. The monoisotopic (exact) mass is 285 g/mol. The number of nitrogens with zero attached hydrogens (tertiary/aromatic N) is 1. The molecule has 21 heavy (non-hydrogen) atoms. The molecule has 0 spiro atoms. The van der Waals surface area contributed by atoms with E-state index < -0.39 is 0 Å². The van der Waals surface area contributed by atoms with Crippen LogP contribution in [0.1, 0.15) is 31.0 Å². The van der Waals surface area contributed by atoms with E-state index in [1.807, 2.05) is 25.1 Å². The van der Waals surface area contributed by atoms with E-state index in [0.717, 1.165) is 40.8 Å². The van der Waals surface area contributed by atoms with E-state index in [0.29, 0.717) is 12.8 Å². The molecule has 1 atom stereocenters. The molecule has 1 aliphatic heterocycles. The first-order chi connectivity index (χ1) is 10.2. The van der Waals surface area contributed by atoms with Crippen LogP contribution in [-0.2, 0) is 22.4 Å². The highest BCUT2D eigenvalue weighted by atomic mass is 16.5. The number of hydrogen-bond donors (Lipinski definition) is 0. The lowest BCUT2D eigenvalue weighted by molar-refractivity contribution is -0.148. The standard InChI is InChI=1S/C17H19NO3/c1-11-3-6-15-12(4-8-17(19)21-11)9-13-10-14(20-2)5-7-16(13)18-15/h5,7,9-11H,3-4,6,8H2,1-2H3. The van der Waals surface area contributed by atoms with E-state index >= 15 is 0 Å². The Morgan fingerprint density at radius 3 is 2.90 bits per heavy atom. The molecule has 0 fully saturated rings. The lowest BCUT2D eigenvalue weighted by Crippen LogP contribution is -2.14. The highest BCUT2D eigenvalue weighted by Crippen LogP contribution is 2.25. The maximum Gasteiger partial charge on any atom is 0.306 e. The number of cyclic esters (lactones) is 1. The molecule has 0 amide bonds. The quantitative estimate of drug-likeness (QED) is 0.756. The summed E-state index contributed by atoms with van der Waals surface area (Å²) in [5.41, 5.74) is 3.19. The Hall–Kier alpha value is -2.10. The molecule has 4 nitrogen and oxygen atoms in total. The van der Waals surface area contributed by atoms with Crippen molar-refractivity contribution in [2.24, 2.45) is 0 Å². The molecular formula is C17H19NO3. The van der Waals surface area contributed by atoms with Gasteiger partial charge in [-0.1, -0.05) is 0 Å². The molecule has 2 aromatic rings. The number of pyridine rings is 1. The predicted molar refractivity (Wildman–Crippen MR) is 80.5 cm³/mol. The normalized spacial score (nSPS) is 19.1. The van der Waals surface area contributed by atoms with Crippen LogP contribution in [0.2, 0.25) is 0 Å². The van der Waals surface area contributed by atoms with Crippen molar-refractivity contribution in [1.82, 2.24) is 4.98 Å². The molecule has 1 aromatic heterocycles. The smallest absolute Gasteiger partial charge is 0.306 e. The third kappa shape index (κ3) is 2.99. The number of methoxy groups -OCH3 is 1. The molecular weight excluding hydrogens is 266 g/mol. The van der Waals surface area contributed by atoms with Crippen molar-refractivity contribution in [3.8, 4) is 5.75 Å². The molecule has 2 heterocycles. The molecule has 110 valence electrons. The van der Waals surface area contributed by atoms with Gasteiger partial charge in [-0.25, -0.2) is 0 Å². The van der Waals surface area contributed by atoms with Crippen molar-refractivity contribution in [2.75, 3.05) is 7.11 Å². The van der Waals surface area contributed by atoms with Crippen molar-refractivity contribution in [3.05, 3.63) is 35.5 Å². The van der Waals surface area contributed by atoms with Crippen LogP contribution < -0.4 is 4.74 Å². The minimum absolute atomic E-state index is 0.0446. The Balaban J connectivity index is 2.03. The highest BCUT2D eigenvalue weighted by Gasteiger charge is 2.17. The number of rotatable bonds is 1. The average molecular weight is 285 g/mol. The zero-order valence-electron chi connectivity index (χ0n) is 12.4. The second-order valence-electron chi connectivity index (χ2n) is 5.49. The number of carbonyl (C=O) groups is 1. The zero-order valence-corrected chi connectivity index (χ0v) is 12.4. The maximum atomic E-state index is 11.7. The molecule has 0 aliphatic carbocycles. The van der Waals surface area contributed by atoms with Gasteiger partial charge in [-0.15, -0.1) is 0 Å². The highest BCUT2D eigenvalue weighted by molar-refractivity contribution is 5.81. The summed E-state index contributed by atoms with van der Waals surface area (Å²) in [6.45, 7) is 1.94. The van der Waals surface area contributed by atoms with Gasteiger partial charge in [0.15, 0.2) is 0 Å². The van der Waals surface area contributed by atoms with Crippen molar-refractivity contribution in [2.45, 2.75) is 38.7 Å². The average Bonchev–Trinajstić information content (AvgIpc) is 2.55. The summed E-state index contributed by atoms with van der Waals surface area (Å²) in [5, 5.41) is 1.05. The Morgan fingerprint density at radius 2 is 2.10 bits per heavy atom. The molecule has 1 aliphatic rings. The number of aryl methyl sites for hydroxylation is 2. The van der Waals surface area contributed by atoms with Gasteiger partial charge in [0, 0.05) is 17.5 Å². The second kappa shape index (κ2) is 5.72. The van der Waals surface area contributed by atoms with Gasteiger partial charge in [-0.2, -0.15) is 0 Å². The molecule has 1 unspecified atom stereocenters. The van der Waals surface area contributed by atoms with Gasteiger partial charge in [0.2, 0.25) is 0 Å². The van der Waals surface area contributed by atoms with Crippen molar-refractivity contribution >= 4 is 16.9 Å². The zero-order chi connectivity index (χ0) is 14.8. The van der Waals surface area contributed by atoms with E-state index in [9.17, 15) is 4.79 Å². The summed E-state index contributed by atoms with van der Waals surface area (Å²) < 4.78 is 10.6. The summed E-state index contributed by atoms with van der Waals surface area (Å²) in [4.78, 5) is 16.5. The fraction of sp³-hybridized carbons (Fsp3) is 0.412. The molecule has 0 N–H and O–H groups in total. The van der Waals surface area contributed by atoms with E-state index in [1.54, 1.807) is 7.11 Å². The van der Waals surface area contributed by atoms with Crippen molar-refractivity contribution in [1.29, 1.82) is 0 Å². The van der Waals surface area contributed by atoms with Gasteiger partial charge in [-0.3, -0.25) is 9.78 Å². The van der Waals surface area contributed by atoms with Crippen LogP contribution in [0.3, 0.4) is 0 Å². The third-order valence-corrected chi connectivity index (χ3v) is 3.91. The largest absolute Gasteiger partial charge is 0.497 e. The summed E-state index contributed by atoms with van der Waals surface area (Å²) in [6, 6.07) is 8.01. The molecule has 0 bridgehead atoms. The number of carbonyl (C=O) groups excluding carboxylic acids is 1. The fourth-order valence-corrected chi connectivity index (χ4v) is 2.72. The minimum atomic E-state index is -0.124. The number of fused-ring (bicyclic) bond motifs is 2. The number of ether oxygens (including phenoxy) is 2. The van der Waals surface area contributed by atoms with Gasteiger partial charge >= 0.3 is 5.97 Å². The van der Waals surface area contributed by atoms with Gasteiger partial charge in [-0.05, 0) is 56.0 Å². The van der Waals surface area contributed by atoms with Crippen LogP contribution in [0.5, 0.6) is 5.75 Å². The van der Waals surface area contributed by atoms with Crippen molar-refractivity contribution < 1.29 is 14.3 Å². The maximum absolute atomic E-state index is 11.7. The first-order valence-electron chi connectivity index (χ1n) is 7.32. The second-order valence-corrected chi connectivity index (χ2v) is 5.49. The van der Waals surface area contributed by atoms with Crippen LogP contribution in [0, 0.1) is 0 Å². The van der Waals surface area contributed by atoms with Crippen LogP contribution in [0.25, 0.3) is 10.9 Å². The number of esters is 1. The summed E-state index contributed by atoms with van der Waals surface area (Å²) >= 11 is 0. The third-order valence-electron chi connectivity index (χ3n) is 3.91. The fourth-order valence-electron chi connectivity index (χ4n) is 2.72. The number of hydrogen-bond acceptors (Lipinski definition) is 4. The van der Waals surface area contributed by atoms with Crippen LogP contribution in [-0.4, -0.2) is 24.2 Å². The Kier molecular flexibility index (Phi) is 3.78.